The SMILES string of the molecule is COc1ccc(-c2nc(=S)cc(C)[nH]2)cc1Br. The number of benzene rings is 1. The largest absolute Gasteiger partial charge is 0.496 e. The van der Waals surface area contributed by atoms with E-state index in [9.17, 15) is 0 Å². The van der Waals surface area contributed by atoms with Gasteiger partial charge in [-0.1, -0.05) is 12.2 Å². The lowest BCUT2D eigenvalue weighted by molar-refractivity contribution is 0.412. The van der Waals surface area contributed by atoms with Gasteiger partial charge in [0, 0.05) is 11.3 Å². The van der Waals surface area contributed by atoms with Crippen LogP contribution >= 0.6 is 28.1 Å². The van der Waals surface area contributed by atoms with Crippen LogP contribution in [-0.4, -0.2) is 17.1 Å². The molecule has 3 nitrogen and oxygen atoms in total. The minimum atomic E-state index is 0.586. The molecule has 0 unspecified atom stereocenters. The third-order valence-electron chi connectivity index (χ3n) is 2.30. The summed E-state index contributed by atoms with van der Waals surface area (Å²) in [6.45, 7) is 1.96. The Balaban J connectivity index is 2.53. The molecule has 2 aromatic rings. The predicted molar refractivity (Wildman–Crippen MR) is 73.8 cm³/mol. The van der Waals surface area contributed by atoms with Crippen molar-refractivity contribution in [3.8, 4) is 17.1 Å². The fourth-order valence-electron chi connectivity index (χ4n) is 1.53. The highest BCUT2D eigenvalue weighted by Gasteiger charge is 2.05. The van der Waals surface area contributed by atoms with Crippen molar-refractivity contribution in [3.63, 3.8) is 0 Å². The van der Waals surface area contributed by atoms with E-state index in [0.29, 0.717) is 4.64 Å². The van der Waals surface area contributed by atoms with E-state index in [1.54, 1.807) is 7.11 Å². The van der Waals surface area contributed by atoms with E-state index >= 15 is 0 Å². The van der Waals surface area contributed by atoms with Crippen LogP contribution in [0.25, 0.3) is 11.4 Å². The molecule has 0 amide bonds. The summed E-state index contributed by atoms with van der Waals surface area (Å²) in [7, 11) is 1.64. The second kappa shape index (κ2) is 4.98. The first-order valence-corrected chi connectivity index (χ1v) is 6.22. The summed E-state index contributed by atoms with van der Waals surface area (Å²) in [6, 6.07) is 7.61. The van der Waals surface area contributed by atoms with Crippen molar-refractivity contribution in [3.05, 3.63) is 39.1 Å². The van der Waals surface area contributed by atoms with Gasteiger partial charge in [0.25, 0.3) is 0 Å². The smallest absolute Gasteiger partial charge is 0.139 e. The zero-order chi connectivity index (χ0) is 12.4. The summed E-state index contributed by atoms with van der Waals surface area (Å²) in [5.74, 6) is 1.55. The van der Waals surface area contributed by atoms with Crippen molar-refractivity contribution in [2.45, 2.75) is 6.92 Å². The molecule has 5 heteroatoms. The standard InChI is InChI=1S/C12H11BrN2OS/c1-7-5-11(17)15-12(14-7)8-3-4-10(16-2)9(13)6-8/h3-6H,1-2H3,(H,14,15,17). The molecule has 0 saturated heterocycles. The molecule has 1 aromatic carbocycles. The molecule has 0 bridgehead atoms. The number of nitrogens with one attached hydrogen (secondary N) is 1. The Bertz CT molecular complexity index is 610. The lowest BCUT2D eigenvalue weighted by atomic mass is 10.2. The molecule has 0 aliphatic rings. The fraction of sp³-hybridized carbons (Fsp3) is 0.167. The Hall–Kier alpha value is -1.20. The van der Waals surface area contributed by atoms with Gasteiger partial charge in [-0.25, -0.2) is 4.98 Å². The summed E-state index contributed by atoms with van der Waals surface area (Å²) in [5.41, 5.74) is 1.96. The molecular weight excluding hydrogens is 300 g/mol. The van der Waals surface area contributed by atoms with Crippen LogP contribution in [0.15, 0.2) is 28.7 Å². The fourth-order valence-corrected chi connectivity index (χ4v) is 2.34. The van der Waals surface area contributed by atoms with Crippen LogP contribution in [0.4, 0.5) is 0 Å². The molecule has 0 aliphatic carbocycles. The Morgan fingerprint density at radius 2 is 2.12 bits per heavy atom. The number of ether oxygens (including phenoxy) is 1. The molecule has 1 aromatic heterocycles. The van der Waals surface area contributed by atoms with Gasteiger partial charge in [-0.3, -0.25) is 0 Å². The van der Waals surface area contributed by atoms with Gasteiger partial charge in [0.1, 0.15) is 16.2 Å². The second-order valence-electron chi connectivity index (χ2n) is 3.60. The van der Waals surface area contributed by atoms with Gasteiger partial charge in [-0.05, 0) is 47.1 Å². The maximum absolute atomic E-state index is 5.19. The highest BCUT2D eigenvalue weighted by atomic mass is 79.9. The Labute approximate surface area is 113 Å². The van der Waals surface area contributed by atoms with Crippen molar-refractivity contribution in [1.82, 2.24) is 9.97 Å². The van der Waals surface area contributed by atoms with E-state index in [-0.39, 0.29) is 0 Å². The molecule has 0 saturated carbocycles. The number of hydrogen-bond acceptors (Lipinski definition) is 3. The summed E-state index contributed by atoms with van der Waals surface area (Å²) in [5, 5.41) is 0. The van der Waals surface area contributed by atoms with Crippen LogP contribution in [0.3, 0.4) is 0 Å². The van der Waals surface area contributed by atoms with Crippen LogP contribution in [0.5, 0.6) is 5.75 Å². The van der Waals surface area contributed by atoms with Crippen molar-refractivity contribution < 1.29 is 4.74 Å². The summed E-state index contributed by atoms with van der Waals surface area (Å²) >= 11 is 8.55. The summed E-state index contributed by atoms with van der Waals surface area (Å²) in [6.07, 6.45) is 0. The zero-order valence-electron chi connectivity index (χ0n) is 9.45. The number of nitrogens with zero attached hydrogens (tertiary/aromatic N) is 1. The molecule has 0 spiro atoms. The summed E-state index contributed by atoms with van der Waals surface area (Å²) < 4.78 is 6.66. The number of methoxy groups -OCH3 is 1. The third-order valence-corrected chi connectivity index (χ3v) is 3.13. The topological polar surface area (TPSA) is 37.9 Å². The van der Waals surface area contributed by atoms with Crippen LogP contribution in [0.1, 0.15) is 5.69 Å². The molecule has 0 radical (unpaired) electrons. The number of halogens is 1. The zero-order valence-corrected chi connectivity index (χ0v) is 11.9. The molecule has 1 N–H and O–H groups in total. The van der Waals surface area contributed by atoms with Crippen molar-refractivity contribution in [2.75, 3.05) is 7.11 Å². The number of aryl methyl sites for hydroxylation is 1. The number of rotatable bonds is 2. The Kier molecular flexibility index (Phi) is 3.59. The number of hydrogen-bond donors (Lipinski definition) is 1. The van der Waals surface area contributed by atoms with E-state index < -0.39 is 0 Å². The quantitative estimate of drug-likeness (QED) is 0.855. The van der Waals surface area contributed by atoms with Gasteiger partial charge in [-0.15, -0.1) is 0 Å². The maximum Gasteiger partial charge on any atom is 0.139 e. The molecule has 0 fully saturated rings. The highest BCUT2D eigenvalue weighted by molar-refractivity contribution is 9.10. The second-order valence-corrected chi connectivity index (χ2v) is 4.87. The van der Waals surface area contributed by atoms with Crippen molar-refractivity contribution in [1.29, 1.82) is 0 Å². The van der Waals surface area contributed by atoms with Gasteiger partial charge in [0.2, 0.25) is 0 Å². The minimum Gasteiger partial charge on any atom is -0.496 e. The lowest BCUT2D eigenvalue weighted by Crippen LogP contribution is -1.93. The highest BCUT2D eigenvalue weighted by Crippen LogP contribution is 2.29. The molecule has 88 valence electrons. The van der Waals surface area contributed by atoms with Crippen LogP contribution in [0.2, 0.25) is 0 Å². The van der Waals surface area contributed by atoms with E-state index in [0.717, 1.165) is 27.3 Å². The first-order chi connectivity index (χ1) is 8.10. The van der Waals surface area contributed by atoms with Gasteiger partial charge in [0.05, 0.1) is 11.6 Å². The molecule has 0 aliphatic heterocycles. The van der Waals surface area contributed by atoms with E-state index in [4.69, 9.17) is 17.0 Å². The maximum atomic E-state index is 5.19. The average molecular weight is 311 g/mol. The van der Waals surface area contributed by atoms with E-state index in [1.807, 2.05) is 31.2 Å². The molecule has 17 heavy (non-hydrogen) atoms. The van der Waals surface area contributed by atoms with Gasteiger partial charge in [0.15, 0.2) is 0 Å². The third kappa shape index (κ3) is 2.73. The van der Waals surface area contributed by atoms with Crippen LogP contribution in [0, 0.1) is 11.6 Å². The summed E-state index contributed by atoms with van der Waals surface area (Å²) in [4.78, 5) is 7.49. The van der Waals surface area contributed by atoms with Crippen molar-refractivity contribution in [2.24, 2.45) is 0 Å². The lowest BCUT2D eigenvalue weighted by Gasteiger charge is -2.06. The number of aromatic nitrogens is 2. The monoisotopic (exact) mass is 310 g/mol. The number of H-pyrrole nitrogens is 1. The van der Waals surface area contributed by atoms with Gasteiger partial charge >= 0.3 is 0 Å². The van der Waals surface area contributed by atoms with E-state index in [1.165, 1.54) is 0 Å². The molecule has 0 atom stereocenters. The first kappa shape index (κ1) is 12.3. The molecule has 1 heterocycles. The van der Waals surface area contributed by atoms with Gasteiger partial charge < -0.3 is 9.72 Å². The van der Waals surface area contributed by atoms with E-state index in [2.05, 4.69) is 25.9 Å². The van der Waals surface area contributed by atoms with Crippen molar-refractivity contribution >= 4 is 28.1 Å². The number of aromatic amines is 1. The minimum absolute atomic E-state index is 0.586. The van der Waals surface area contributed by atoms with Crippen LogP contribution < -0.4 is 4.74 Å². The first-order valence-electron chi connectivity index (χ1n) is 5.02. The average Bonchev–Trinajstić information content (AvgIpc) is 2.27. The normalized spacial score (nSPS) is 10.3. The Morgan fingerprint density at radius 1 is 1.35 bits per heavy atom. The molecule has 2 rings (SSSR count). The van der Waals surface area contributed by atoms with Gasteiger partial charge in [-0.2, -0.15) is 0 Å². The predicted octanol–water partition coefficient (Wildman–Crippen LogP) is 3.89. The van der Waals surface area contributed by atoms with Crippen LogP contribution in [-0.2, 0) is 0 Å². The Morgan fingerprint density at radius 3 is 2.71 bits per heavy atom. The molecular formula is C12H11BrN2OS.